The Morgan fingerprint density at radius 1 is 1.45 bits per heavy atom. The summed E-state index contributed by atoms with van der Waals surface area (Å²) >= 11 is 3.28. The summed E-state index contributed by atoms with van der Waals surface area (Å²) in [5.41, 5.74) is 0.196. The number of alkyl halides is 1. The van der Waals surface area contributed by atoms with Crippen molar-refractivity contribution in [2.75, 3.05) is 17.8 Å². The number of hydrogen-bond donors (Lipinski definition) is 1. The molecule has 20 heavy (non-hydrogen) atoms. The zero-order valence-electron chi connectivity index (χ0n) is 11.5. The van der Waals surface area contributed by atoms with Crippen LogP contribution in [0.2, 0.25) is 0 Å². The number of rotatable bonds is 4. The lowest BCUT2D eigenvalue weighted by Crippen LogP contribution is -2.32. The van der Waals surface area contributed by atoms with Gasteiger partial charge in [-0.1, -0.05) is 29.8 Å². The van der Waals surface area contributed by atoms with E-state index in [-0.39, 0.29) is 17.0 Å². The Hall–Kier alpha value is -1.87. The molecule has 0 atom stereocenters. The molecule has 1 N–H and O–H groups in total. The maximum atomic E-state index is 12.0. The van der Waals surface area contributed by atoms with Crippen molar-refractivity contribution in [1.29, 1.82) is 5.26 Å². The maximum absolute atomic E-state index is 12.0. The molecule has 0 aliphatic carbocycles. The van der Waals surface area contributed by atoms with E-state index in [9.17, 15) is 9.59 Å². The minimum Gasteiger partial charge on any atom is -0.465 e. The van der Waals surface area contributed by atoms with E-state index in [0.717, 1.165) is 0 Å². The van der Waals surface area contributed by atoms with Gasteiger partial charge in [0.15, 0.2) is 0 Å². The monoisotopic (exact) mass is 338 g/mol. The van der Waals surface area contributed by atoms with Crippen molar-refractivity contribution in [2.24, 2.45) is 5.41 Å². The Kier molecular flexibility index (Phi) is 5.28. The van der Waals surface area contributed by atoms with Gasteiger partial charge in [-0.2, -0.15) is 5.26 Å². The Morgan fingerprint density at radius 2 is 2.10 bits per heavy atom. The first-order valence-corrected chi connectivity index (χ1v) is 6.97. The normalized spacial score (nSPS) is 10.6. The SMILES string of the molecule is COC(=O)c1cc(NC(=O)C(C)(C)CBr)ccc1C#N. The van der Waals surface area contributed by atoms with Crippen LogP contribution in [0.4, 0.5) is 5.69 Å². The van der Waals surface area contributed by atoms with Gasteiger partial charge in [-0.15, -0.1) is 0 Å². The van der Waals surface area contributed by atoms with E-state index >= 15 is 0 Å². The summed E-state index contributed by atoms with van der Waals surface area (Å²) in [6.07, 6.45) is 0. The molecular formula is C14H15BrN2O3. The lowest BCUT2D eigenvalue weighted by Gasteiger charge is -2.20. The van der Waals surface area contributed by atoms with Crippen molar-refractivity contribution >= 4 is 33.5 Å². The highest BCUT2D eigenvalue weighted by molar-refractivity contribution is 9.09. The van der Waals surface area contributed by atoms with Crippen molar-refractivity contribution < 1.29 is 14.3 Å². The first-order chi connectivity index (χ1) is 9.35. The second kappa shape index (κ2) is 6.53. The topological polar surface area (TPSA) is 79.2 Å². The maximum Gasteiger partial charge on any atom is 0.339 e. The molecule has 0 radical (unpaired) electrons. The van der Waals surface area contributed by atoms with Gasteiger partial charge >= 0.3 is 5.97 Å². The number of nitrogens with one attached hydrogen (secondary N) is 1. The molecule has 0 fully saturated rings. The molecule has 0 unspecified atom stereocenters. The molecule has 0 spiro atoms. The van der Waals surface area contributed by atoms with E-state index in [1.807, 2.05) is 6.07 Å². The van der Waals surface area contributed by atoms with Crippen molar-refractivity contribution in [3.05, 3.63) is 29.3 Å². The third-order valence-corrected chi connectivity index (χ3v) is 4.15. The Morgan fingerprint density at radius 3 is 2.60 bits per heavy atom. The first kappa shape index (κ1) is 16.2. The van der Waals surface area contributed by atoms with Gasteiger partial charge in [0.05, 0.1) is 23.7 Å². The predicted molar refractivity (Wildman–Crippen MR) is 78.7 cm³/mol. The summed E-state index contributed by atoms with van der Waals surface area (Å²) in [5, 5.41) is 12.2. The van der Waals surface area contributed by atoms with Gasteiger partial charge in [-0.3, -0.25) is 4.79 Å². The number of benzene rings is 1. The fraction of sp³-hybridized carbons (Fsp3) is 0.357. The summed E-state index contributed by atoms with van der Waals surface area (Å²) in [5.74, 6) is -0.799. The molecule has 0 aromatic heterocycles. The largest absolute Gasteiger partial charge is 0.465 e. The van der Waals surface area contributed by atoms with Crippen LogP contribution in [0.5, 0.6) is 0 Å². The molecule has 1 rings (SSSR count). The van der Waals surface area contributed by atoms with Gasteiger partial charge in [0.1, 0.15) is 6.07 Å². The lowest BCUT2D eigenvalue weighted by atomic mass is 9.95. The van der Waals surface area contributed by atoms with Gasteiger partial charge in [-0.25, -0.2) is 4.79 Å². The minimum atomic E-state index is -0.614. The highest BCUT2D eigenvalue weighted by Crippen LogP contribution is 2.22. The molecule has 0 heterocycles. The number of methoxy groups -OCH3 is 1. The predicted octanol–water partition coefficient (Wildman–Crippen LogP) is 2.70. The molecule has 1 aromatic rings. The summed E-state index contributed by atoms with van der Waals surface area (Å²) in [4.78, 5) is 23.6. The molecule has 0 bridgehead atoms. The molecule has 1 aromatic carbocycles. The second-order valence-electron chi connectivity index (χ2n) is 4.84. The van der Waals surface area contributed by atoms with Crippen LogP contribution in [0, 0.1) is 16.7 Å². The van der Waals surface area contributed by atoms with E-state index < -0.39 is 11.4 Å². The summed E-state index contributed by atoms with van der Waals surface area (Å²) < 4.78 is 4.62. The molecule has 5 nitrogen and oxygen atoms in total. The van der Waals surface area contributed by atoms with Crippen LogP contribution < -0.4 is 5.32 Å². The van der Waals surface area contributed by atoms with E-state index in [1.54, 1.807) is 19.9 Å². The van der Waals surface area contributed by atoms with Crippen molar-refractivity contribution in [3.63, 3.8) is 0 Å². The van der Waals surface area contributed by atoms with Gasteiger partial charge in [0.2, 0.25) is 5.91 Å². The fourth-order valence-corrected chi connectivity index (χ4v) is 1.61. The number of hydrogen-bond acceptors (Lipinski definition) is 4. The van der Waals surface area contributed by atoms with E-state index in [4.69, 9.17) is 5.26 Å². The first-order valence-electron chi connectivity index (χ1n) is 5.85. The van der Waals surface area contributed by atoms with Gasteiger partial charge < -0.3 is 10.1 Å². The third kappa shape index (κ3) is 3.58. The van der Waals surface area contributed by atoms with Crippen LogP contribution in [0.15, 0.2) is 18.2 Å². The zero-order valence-corrected chi connectivity index (χ0v) is 13.1. The van der Waals surface area contributed by atoms with Crippen molar-refractivity contribution in [1.82, 2.24) is 0 Å². The highest BCUT2D eigenvalue weighted by Gasteiger charge is 2.26. The molecule has 6 heteroatoms. The van der Waals surface area contributed by atoms with Gasteiger partial charge in [-0.05, 0) is 18.2 Å². The fourth-order valence-electron chi connectivity index (χ4n) is 1.36. The zero-order chi connectivity index (χ0) is 15.3. The smallest absolute Gasteiger partial charge is 0.339 e. The Labute approximate surface area is 126 Å². The van der Waals surface area contributed by atoms with Crippen LogP contribution in [0.1, 0.15) is 29.8 Å². The minimum absolute atomic E-state index is 0.129. The van der Waals surface area contributed by atoms with Crippen LogP contribution in [0.25, 0.3) is 0 Å². The van der Waals surface area contributed by atoms with Crippen molar-refractivity contribution in [3.8, 4) is 6.07 Å². The summed E-state index contributed by atoms with van der Waals surface area (Å²) in [7, 11) is 1.24. The number of carbonyl (C=O) groups is 2. The Bertz CT molecular complexity index is 576. The molecule has 106 valence electrons. The molecule has 0 aliphatic heterocycles. The van der Waals surface area contributed by atoms with E-state index in [0.29, 0.717) is 11.0 Å². The number of anilines is 1. The number of halogens is 1. The average molecular weight is 339 g/mol. The molecule has 0 aliphatic rings. The van der Waals surface area contributed by atoms with E-state index in [1.165, 1.54) is 19.2 Å². The lowest BCUT2D eigenvalue weighted by molar-refractivity contribution is -0.122. The summed E-state index contributed by atoms with van der Waals surface area (Å²) in [6.45, 7) is 3.59. The third-order valence-electron chi connectivity index (χ3n) is 2.75. The average Bonchev–Trinajstić information content (AvgIpc) is 2.46. The van der Waals surface area contributed by atoms with Crippen molar-refractivity contribution in [2.45, 2.75) is 13.8 Å². The number of nitrogens with zero attached hydrogens (tertiary/aromatic N) is 1. The molecular weight excluding hydrogens is 324 g/mol. The number of ether oxygens (including phenoxy) is 1. The Balaban J connectivity index is 3.08. The second-order valence-corrected chi connectivity index (χ2v) is 5.40. The van der Waals surface area contributed by atoms with Crippen LogP contribution in [0.3, 0.4) is 0 Å². The van der Waals surface area contributed by atoms with Crippen LogP contribution >= 0.6 is 15.9 Å². The molecule has 0 saturated carbocycles. The van der Waals surface area contributed by atoms with Gasteiger partial charge in [0.25, 0.3) is 0 Å². The van der Waals surface area contributed by atoms with Gasteiger partial charge in [0, 0.05) is 11.0 Å². The standard InChI is InChI=1S/C14H15BrN2O3/c1-14(2,8-15)13(19)17-10-5-4-9(7-16)11(6-10)12(18)20-3/h4-6H,8H2,1-3H3,(H,17,19). The number of nitriles is 1. The number of esters is 1. The molecule has 0 saturated heterocycles. The van der Waals surface area contributed by atoms with Crippen LogP contribution in [-0.2, 0) is 9.53 Å². The molecule has 1 amide bonds. The van der Waals surface area contributed by atoms with Crippen LogP contribution in [-0.4, -0.2) is 24.3 Å². The number of carbonyl (C=O) groups excluding carboxylic acids is 2. The number of amides is 1. The quantitative estimate of drug-likeness (QED) is 0.676. The highest BCUT2D eigenvalue weighted by atomic mass is 79.9. The van der Waals surface area contributed by atoms with E-state index in [2.05, 4.69) is 26.0 Å². The summed E-state index contributed by atoms with van der Waals surface area (Å²) in [6, 6.07) is 6.40.